The lowest BCUT2D eigenvalue weighted by Gasteiger charge is -2.18. The molecule has 0 saturated heterocycles. The van der Waals surface area contributed by atoms with Crippen LogP contribution in [-0.4, -0.2) is 12.4 Å². The summed E-state index contributed by atoms with van der Waals surface area (Å²) in [5.41, 5.74) is 0.410. The summed E-state index contributed by atoms with van der Waals surface area (Å²) in [6.07, 6.45) is 1.21. The molecule has 4 heteroatoms. The standard InChI is InChI=1S/C16H10F2O2/c17-13-5-3-6-14(18)12(13)8-10-9-20-15-7-2-1-4-11(15)16(10)19/h1-8H,9H2/b10-8+. The van der Waals surface area contributed by atoms with Crippen molar-refractivity contribution in [3.05, 3.63) is 70.8 Å². The molecule has 0 aliphatic carbocycles. The summed E-state index contributed by atoms with van der Waals surface area (Å²) in [5, 5.41) is 0. The average Bonchev–Trinajstić information content (AvgIpc) is 2.45. The number of Topliss-reactive ketones (excluding diaryl/α,β-unsaturated/α-hetero) is 1. The number of ketones is 1. The minimum atomic E-state index is -0.704. The van der Waals surface area contributed by atoms with Crippen molar-refractivity contribution in [2.24, 2.45) is 0 Å². The van der Waals surface area contributed by atoms with Crippen LogP contribution in [0, 0.1) is 11.6 Å². The van der Waals surface area contributed by atoms with Crippen LogP contribution in [-0.2, 0) is 0 Å². The largest absolute Gasteiger partial charge is 0.488 e. The molecule has 0 N–H and O–H groups in total. The minimum Gasteiger partial charge on any atom is -0.488 e. The molecule has 0 aromatic heterocycles. The molecule has 3 rings (SSSR count). The predicted molar refractivity (Wildman–Crippen MR) is 70.6 cm³/mol. The Bertz CT molecular complexity index is 700. The Hall–Kier alpha value is -2.49. The van der Waals surface area contributed by atoms with Gasteiger partial charge in [0.15, 0.2) is 5.78 Å². The van der Waals surface area contributed by atoms with Crippen molar-refractivity contribution in [3.63, 3.8) is 0 Å². The first-order valence-corrected chi connectivity index (χ1v) is 6.08. The van der Waals surface area contributed by atoms with Gasteiger partial charge in [-0.2, -0.15) is 0 Å². The molecule has 0 unspecified atom stereocenters. The van der Waals surface area contributed by atoms with Gasteiger partial charge < -0.3 is 4.74 Å². The third-order valence-corrected chi connectivity index (χ3v) is 3.12. The Kier molecular flexibility index (Phi) is 3.06. The van der Waals surface area contributed by atoms with E-state index in [9.17, 15) is 13.6 Å². The normalized spacial score (nSPS) is 15.9. The van der Waals surface area contributed by atoms with Gasteiger partial charge in [-0.25, -0.2) is 8.78 Å². The maximum absolute atomic E-state index is 13.6. The zero-order valence-electron chi connectivity index (χ0n) is 10.4. The highest BCUT2D eigenvalue weighted by Crippen LogP contribution is 2.28. The number of halogens is 2. The molecule has 2 nitrogen and oxygen atoms in total. The number of ether oxygens (including phenoxy) is 1. The molecule has 1 aliphatic heterocycles. The van der Waals surface area contributed by atoms with Crippen LogP contribution >= 0.6 is 0 Å². The molecular weight excluding hydrogens is 262 g/mol. The Labute approximate surface area is 114 Å². The van der Waals surface area contributed by atoms with E-state index in [-0.39, 0.29) is 23.5 Å². The highest BCUT2D eigenvalue weighted by atomic mass is 19.1. The summed E-state index contributed by atoms with van der Waals surface area (Å²) < 4.78 is 32.6. The van der Waals surface area contributed by atoms with Crippen LogP contribution in [0.3, 0.4) is 0 Å². The third-order valence-electron chi connectivity index (χ3n) is 3.12. The maximum Gasteiger partial charge on any atom is 0.196 e. The molecule has 20 heavy (non-hydrogen) atoms. The van der Waals surface area contributed by atoms with Crippen LogP contribution in [0.1, 0.15) is 15.9 Å². The average molecular weight is 272 g/mol. The van der Waals surface area contributed by atoms with Crippen molar-refractivity contribution in [2.45, 2.75) is 0 Å². The lowest BCUT2D eigenvalue weighted by Crippen LogP contribution is -2.19. The van der Waals surface area contributed by atoms with Crippen molar-refractivity contribution < 1.29 is 18.3 Å². The molecule has 1 aliphatic rings. The number of para-hydroxylation sites is 1. The van der Waals surface area contributed by atoms with E-state index < -0.39 is 11.6 Å². The summed E-state index contributed by atoms with van der Waals surface area (Å²) >= 11 is 0. The first-order valence-electron chi connectivity index (χ1n) is 6.08. The van der Waals surface area contributed by atoms with Crippen LogP contribution in [0.5, 0.6) is 5.75 Å². The van der Waals surface area contributed by atoms with Crippen LogP contribution in [0.2, 0.25) is 0 Å². The predicted octanol–water partition coefficient (Wildman–Crippen LogP) is 3.62. The van der Waals surface area contributed by atoms with E-state index in [4.69, 9.17) is 4.74 Å². The van der Waals surface area contributed by atoms with Crippen LogP contribution in [0.15, 0.2) is 48.0 Å². The zero-order valence-corrected chi connectivity index (χ0v) is 10.4. The monoisotopic (exact) mass is 272 g/mol. The number of carbonyl (C=O) groups excluding carboxylic acids is 1. The Morgan fingerprint density at radius 2 is 1.70 bits per heavy atom. The van der Waals surface area contributed by atoms with Crippen molar-refractivity contribution in [3.8, 4) is 5.75 Å². The molecule has 0 atom stereocenters. The molecule has 0 radical (unpaired) electrons. The van der Waals surface area contributed by atoms with E-state index in [0.29, 0.717) is 11.3 Å². The molecule has 2 aromatic rings. The molecule has 0 bridgehead atoms. The number of fused-ring (bicyclic) bond motifs is 1. The van der Waals surface area contributed by atoms with E-state index in [0.717, 1.165) is 12.1 Å². The van der Waals surface area contributed by atoms with E-state index in [1.165, 1.54) is 12.1 Å². The second kappa shape index (κ2) is 4.89. The van der Waals surface area contributed by atoms with Gasteiger partial charge in [0.1, 0.15) is 24.0 Å². The van der Waals surface area contributed by atoms with Gasteiger partial charge in [0, 0.05) is 11.1 Å². The zero-order chi connectivity index (χ0) is 14.1. The molecule has 1 heterocycles. The van der Waals surface area contributed by atoms with E-state index >= 15 is 0 Å². The Morgan fingerprint density at radius 3 is 2.45 bits per heavy atom. The second-order valence-corrected chi connectivity index (χ2v) is 4.42. The van der Waals surface area contributed by atoms with Crippen LogP contribution in [0.25, 0.3) is 6.08 Å². The molecular formula is C16H10F2O2. The quantitative estimate of drug-likeness (QED) is 0.741. The fourth-order valence-electron chi connectivity index (χ4n) is 2.10. The minimum absolute atomic E-state index is 0.00359. The van der Waals surface area contributed by atoms with E-state index in [2.05, 4.69) is 0 Å². The summed E-state index contributed by atoms with van der Waals surface area (Å²) in [5.74, 6) is -1.19. The summed E-state index contributed by atoms with van der Waals surface area (Å²) in [6, 6.07) is 10.4. The maximum atomic E-state index is 13.6. The van der Waals surface area contributed by atoms with Crippen molar-refractivity contribution in [1.82, 2.24) is 0 Å². The van der Waals surface area contributed by atoms with Crippen molar-refractivity contribution in [2.75, 3.05) is 6.61 Å². The molecule has 2 aromatic carbocycles. The van der Waals surface area contributed by atoms with Gasteiger partial charge in [-0.3, -0.25) is 4.79 Å². The first-order chi connectivity index (χ1) is 9.66. The van der Waals surface area contributed by atoms with Gasteiger partial charge in [0.05, 0.1) is 5.56 Å². The highest BCUT2D eigenvalue weighted by Gasteiger charge is 2.23. The molecule has 0 spiro atoms. The molecule has 100 valence electrons. The number of benzene rings is 2. The topological polar surface area (TPSA) is 26.3 Å². The van der Waals surface area contributed by atoms with Crippen LogP contribution < -0.4 is 4.74 Å². The molecule has 0 fully saturated rings. The van der Waals surface area contributed by atoms with Gasteiger partial charge in [0.2, 0.25) is 0 Å². The summed E-state index contributed by atoms with van der Waals surface area (Å²) in [4.78, 5) is 12.3. The highest BCUT2D eigenvalue weighted by molar-refractivity contribution is 6.14. The number of hydrogen-bond acceptors (Lipinski definition) is 2. The number of carbonyl (C=O) groups is 1. The second-order valence-electron chi connectivity index (χ2n) is 4.42. The van der Waals surface area contributed by atoms with Gasteiger partial charge >= 0.3 is 0 Å². The molecule has 0 amide bonds. The SMILES string of the molecule is O=C1/C(=C/c2c(F)cccc2F)COc2ccccc21. The number of rotatable bonds is 1. The first kappa shape index (κ1) is 12.5. The van der Waals surface area contributed by atoms with Gasteiger partial charge in [0.25, 0.3) is 0 Å². The fraction of sp³-hybridized carbons (Fsp3) is 0.0625. The summed E-state index contributed by atoms with van der Waals surface area (Å²) in [6.45, 7) is 0.00359. The van der Waals surface area contributed by atoms with Crippen molar-refractivity contribution in [1.29, 1.82) is 0 Å². The van der Waals surface area contributed by atoms with Gasteiger partial charge in [-0.05, 0) is 30.3 Å². The lowest BCUT2D eigenvalue weighted by molar-refractivity contribution is 0.100. The lowest BCUT2D eigenvalue weighted by atomic mass is 9.98. The third kappa shape index (κ3) is 2.09. The Morgan fingerprint density at radius 1 is 1.00 bits per heavy atom. The fourth-order valence-corrected chi connectivity index (χ4v) is 2.10. The summed E-state index contributed by atoms with van der Waals surface area (Å²) in [7, 11) is 0. The number of hydrogen-bond donors (Lipinski definition) is 0. The molecule has 0 saturated carbocycles. The van der Waals surface area contributed by atoms with E-state index in [1.807, 2.05) is 0 Å². The van der Waals surface area contributed by atoms with Crippen LogP contribution in [0.4, 0.5) is 8.78 Å². The van der Waals surface area contributed by atoms with Gasteiger partial charge in [-0.1, -0.05) is 18.2 Å². The van der Waals surface area contributed by atoms with Crippen molar-refractivity contribution >= 4 is 11.9 Å². The Balaban J connectivity index is 2.05. The van der Waals surface area contributed by atoms with Gasteiger partial charge in [-0.15, -0.1) is 0 Å². The smallest absolute Gasteiger partial charge is 0.196 e. The van der Waals surface area contributed by atoms with E-state index in [1.54, 1.807) is 24.3 Å².